The highest BCUT2D eigenvalue weighted by Gasteiger charge is 2.47. The summed E-state index contributed by atoms with van der Waals surface area (Å²) in [7, 11) is 0. The Morgan fingerprint density at radius 3 is 2.10 bits per heavy atom. The van der Waals surface area contributed by atoms with Gasteiger partial charge in [0.15, 0.2) is 11.3 Å². The van der Waals surface area contributed by atoms with Crippen molar-refractivity contribution in [1.29, 1.82) is 0 Å². The number of nitrogens with zero attached hydrogens (tertiary/aromatic N) is 1. The number of imide groups is 3. The molecule has 8 nitrogen and oxygen atoms in total. The molecule has 1 aliphatic heterocycles. The molecule has 1 aliphatic rings. The number of carbonyl (C=O) groups excluding carboxylic acids is 4. The van der Waals surface area contributed by atoms with Gasteiger partial charge in [0.2, 0.25) is 0 Å². The van der Waals surface area contributed by atoms with Crippen molar-refractivity contribution in [2.45, 2.75) is 24.8 Å². The van der Waals surface area contributed by atoms with Gasteiger partial charge in [-0.25, -0.2) is 4.90 Å². The highest BCUT2D eigenvalue weighted by Crippen LogP contribution is 2.19. The summed E-state index contributed by atoms with van der Waals surface area (Å²) >= 11 is 0. The van der Waals surface area contributed by atoms with Crippen LogP contribution < -0.4 is 17.2 Å². The SMILES string of the molecule is NCCCC[C@@](N)(C(=O)CN)C(=O)N1C(=O)C=CC1=O. The van der Waals surface area contributed by atoms with Crippen LogP contribution in [0.5, 0.6) is 0 Å². The maximum Gasteiger partial charge on any atom is 0.264 e. The van der Waals surface area contributed by atoms with Crippen molar-refractivity contribution in [3.63, 3.8) is 0 Å². The standard InChI is InChI=1S/C12H18N4O4/c13-6-2-1-5-12(15,8(17)7-14)11(20)16-9(18)3-4-10(16)19/h3-4H,1-2,5-7,13-15H2/t12-/m1/s1. The lowest BCUT2D eigenvalue weighted by atomic mass is 9.87. The second-order valence-corrected chi connectivity index (χ2v) is 4.49. The van der Waals surface area contributed by atoms with Crippen molar-refractivity contribution in [3.8, 4) is 0 Å². The molecule has 0 fully saturated rings. The smallest absolute Gasteiger partial charge is 0.264 e. The minimum absolute atomic E-state index is 0.0177. The topological polar surface area (TPSA) is 150 Å². The molecule has 0 radical (unpaired) electrons. The van der Waals surface area contributed by atoms with Crippen LogP contribution >= 0.6 is 0 Å². The third kappa shape index (κ3) is 2.98. The molecular formula is C12H18N4O4. The Hall–Kier alpha value is -1.90. The first kappa shape index (κ1) is 16.2. The summed E-state index contributed by atoms with van der Waals surface area (Å²) in [5.74, 6) is -3.37. The summed E-state index contributed by atoms with van der Waals surface area (Å²) in [5.41, 5.74) is 14.5. The van der Waals surface area contributed by atoms with E-state index >= 15 is 0 Å². The molecule has 0 bridgehead atoms. The predicted octanol–water partition coefficient (Wildman–Crippen LogP) is -2.21. The summed E-state index contributed by atoms with van der Waals surface area (Å²) in [6, 6.07) is 0. The van der Waals surface area contributed by atoms with E-state index in [-0.39, 0.29) is 6.42 Å². The van der Waals surface area contributed by atoms with Gasteiger partial charge >= 0.3 is 0 Å². The third-order valence-corrected chi connectivity index (χ3v) is 3.10. The van der Waals surface area contributed by atoms with Crippen LogP contribution in [0, 0.1) is 0 Å². The third-order valence-electron chi connectivity index (χ3n) is 3.10. The second-order valence-electron chi connectivity index (χ2n) is 4.49. The van der Waals surface area contributed by atoms with Crippen LogP contribution in [0.3, 0.4) is 0 Å². The fourth-order valence-electron chi connectivity index (χ4n) is 1.90. The first-order valence-electron chi connectivity index (χ1n) is 6.21. The molecule has 0 unspecified atom stereocenters. The molecule has 1 heterocycles. The van der Waals surface area contributed by atoms with Gasteiger partial charge < -0.3 is 17.2 Å². The van der Waals surface area contributed by atoms with Crippen molar-refractivity contribution < 1.29 is 19.2 Å². The van der Waals surface area contributed by atoms with Crippen LogP contribution in [-0.2, 0) is 19.2 Å². The molecule has 20 heavy (non-hydrogen) atoms. The predicted molar refractivity (Wildman–Crippen MR) is 69.9 cm³/mol. The van der Waals surface area contributed by atoms with Crippen LogP contribution in [0.1, 0.15) is 19.3 Å². The lowest BCUT2D eigenvalue weighted by molar-refractivity contribution is -0.153. The van der Waals surface area contributed by atoms with E-state index in [1.165, 1.54) is 0 Å². The van der Waals surface area contributed by atoms with Crippen molar-refractivity contribution in [2.75, 3.05) is 13.1 Å². The lowest BCUT2D eigenvalue weighted by Gasteiger charge is -2.29. The molecule has 1 rings (SSSR count). The van der Waals surface area contributed by atoms with Gasteiger partial charge in [-0.3, -0.25) is 19.2 Å². The lowest BCUT2D eigenvalue weighted by Crippen LogP contribution is -2.63. The highest BCUT2D eigenvalue weighted by atomic mass is 16.2. The van der Waals surface area contributed by atoms with Gasteiger partial charge in [0.1, 0.15) is 0 Å². The van der Waals surface area contributed by atoms with E-state index in [4.69, 9.17) is 17.2 Å². The van der Waals surface area contributed by atoms with Crippen molar-refractivity contribution in [2.24, 2.45) is 17.2 Å². The molecule has 0 aliphatic carbocycles. The number of hydrogen-bond donors (Lipinski definition) is 3. The van der Waals surface area contributed by atoms with Gasteiger partial charge in [-0.1, -0.05) is 0 Å². The van der Waals surface area contributed by atoms with Gasteiger partial charge in [-0.05, 0) is 25.8 Å². The molecular weight excluding hydrogens is 264 g/mol. The van der Waals surface area contributed by atoms with Gasteiger partial charge in [0, 0.05) is 12.2 Å². The van der Waals surface area contributed by atoms with Crippen LogP contribution in [-0.4, -0.2) is 47.0 Å². The first-order chi connectivity index (χ1) is 9.38. The Labute approximate surface area is 115 Å². The molecule has 8 heteroatoms. The van der Waals surface area contributed by atoms with Crippen LogP contribution in [0.2, 0.25) is 0 Å². The Kier molecular flexibility index (Phi) is 5.26. The van der Waals surface area contributed by atoms with E-state index in [0.29, 0.717) is 24.3 Å². The molecule has 6 N–H and O–H groups in total. The minimum Gasteiger partial charge on any atom is -0.330 e. The maximum atomic E-state index is 12.3. The molecule has 0 aromatic rings. The van der Waals surface area contributed by atoms with Crippen LogP contribution in [0.15, 0.2) is 12.2 Å². The van der Waals surface area contributed by atoms with Crippen molar-refractivity contribution in [3.05, 3.63) is 12.2 Å². The number of unbranched alkanes of at least 4 members (excludes halogenated alkanes) is 1. The monoisotopic (exact) mass is 282 g/mol. The number of rotatable bonds is 7. The number of amides is 3. The molecule has 3 amide bonds. The normalized spacial score (nSPS) is 17.4. The highest BCUT2D eigenvalue weighted by molar-refractivity contribution is 6.28. The summed E-state index contributed by atoms with van der Waals surface area (Å²) in [6.45, 7) is -0.0707. The molecule has 1 atom stereocenters. The number of carbonyl (C=O) groups is 4. The molecule has 0 aromatic heterocycles. The van der Waals surface area contributed by atoms with E-state index < -0.39 is 35.6 Å². The second kappa shape index (κ2) is 6.51. The average Bonchev–Trinajstić information content (AvgIpc) is 2.76. The van der Waals surface area contributed by atoms with Gasteiger partial charge in [-0.15, -0.1) is 0 Å². The Morgan fingerprint density at radius 2 is 1.65 bits per heavy atom. The fourth-order valence-corrected chi connectivity index (χ4v) is 1.90. The van der Waals surface area contributed by atoms with Crippen LogP contribution in [0.4, 0.5) is 0 Å². The zero-order valence-corrected chi connectivity index (χ0v) is 11.0. The van der Waals surface area contributed by atoms with Crippen molar-refractivity contribution >= 4 is 23.5 Å². The fraction of sp³-hybridized carbons (Fsp3) is 0.500. The van der Waals surface area contributed by atoms with E-state index in [2.05, 4.69) is 0 Å². The molecule has 0 aromatic carbocycles. The largest absolute Gasteiger partial charge is 0.330 e. The zero-order chi connectivity index (χ0) is 15.3. The molecule has 110 valence electrons. The van der Waals surface area contributed by atoms with E-state index in [9.17, 15) is 19.2 Å². The average molecular weight is 282 g/mol. The molecule has 0 saturated carbocycles. The molecule has 0 spiro atoms. The van der Waals surface area contributed by atoms with E-state index in [0.717, 1.165) is 12.2 Å². The number of ketones is 1. The summed E-state index contributed by atoms with van der Waals surface area (Å²) < 4.78 is 0. The van der Waals surface area contributed by atoms with E-state index in [1.807, 2.05) is 0 Å². The Morgan fingerprint density at radius 1 is 1.10 bits per heavy atom. The maximum absolute atomic E-state index is 12.3. The summed E-state index contributed by atoms with van der Waals surface area (Å²) in [5, 5.41) is 0. The zero-order valence-electron chi connectivity index (χ0n) is 11.0. The van der Waals surface area contributed by atoms with Gasteiger partial charge in [0.05, 0.1) is 6.54 Å². The summed E-state index contributed by atoms with van der Waals surface area (Å²) in [4.78, 5) is 47.5. The number of Topliss-reactive ketones (excluding diaryl/α,β-unsaturated/α-hetero) is 1. The van der Waals surface area contributed by atoms with Gasteiger partial charge in [-0.2, -0.15) is 0 Å². The van der Waals surface area contributed by atoms with Crippen molar-refractivity contribution in [1.82, 2.24) is 4.90 Å². The Bertz CT molecular complexity index is 456. The first-order valence-corrected chi connectivity index (χ1v) is 6.21. The Balaban J connectivity index is 2.98. The minimum atomic E-state index is -1.97. The van der Waals surface area contributed by atoms with Crippen LogP contribution in [0.25, 0.3) is 0 Å². The number of nitrogens with two attached hydrogens (primary N) is 3. The van der Waals surface area contributed by atoms with E-state index in [1.54, 1.807) is 0 Å². The summed E-state index contributed by atoms with van der Waals surface area (Å²) in [6.07, 6.45) is 2.86. The molecule has 0 saturated heterocycles. The quantitative estimate of drug-likeness (QED) is 0.272. The van der Waals surface area contributed by atoms with Gasteiger partial charge in [0.25, 0.3) is 17.7 Å². The number of hydrogen-bond acceptors (Lipinski definition) is 7.